The Morgan fingerprint density at radius 1 is 1.53 bits per heavy atom. The molecular weight excluding hydrogens is 322 g/mol. The zero-order valence-electron chi connectivity index (χ0n) is 9.47. The van der Waals surface area contributed by atoms with E-state index in [1.54, 1.807) is 0 Å². The summed E-state index contributed by atoms with van der Waals surface area (Å²) in [4.78, 5) is 12.7. The van der Waals surface area contributed by atoms with Crippen molar-refractivity contribution in [1.29, 1.82) is 0 Å². The summed E-state index contributed by atoms with van der Waals surface area (Å²) in [5, 5.41) is 4.93. The zero-order chi connectivity index (χ0) is 12.3. The van der Waals surface area contributed by atoms with E-state index in [0.29, 0.717) is 12.4 Å². The predicted molar refractivity (Wildman–Crippen MR) is 76.0 cm³/mol. The quantitative estimate of drug-likeness (QED) is 0.826. The van der Waals surface area contributed by atoms with Gasteiger partial charge >= 0.3 is 0 Å². The maximum atomic E-state index is 12.0. The molecule has 0 spiro atoms. The molecule has 0 atom stereocenters. The van der Waals surface area contributed by atoms with Crippen molar-refractivity contribution in [3.8, 4) is 0 Å². The standard InChI is InChI=1S/C12H15BrClNOS/c13-9-3-6-17-10(9)11(16)15-8-12(7-14)4-1-2-5-12/h3,6H,1-2,4-5,7-8H2,(H,15,16). The summed E-state index contributed by atoms with van der Waals surface area (Å²) in [6.07, 6.45) is 4.71. The van der Waals surface area contributed by atoms with Crippen molar-refractivity contribution in [1.82, 2.24) is 5.32 Å². The lowest BCUT2D eigenvalue weighted by Crippen LogP contribution is -2.37. The second kappa shape index (κ2) is 5.72. The van der Waals surface area contributed by atoms with E-state index < -0.39 is 0 Å². The van der Waals surface area contributed by atoms with Crippen molar-refractivity contribution in [3.63, 3.8) is 0 Å². The second-order valence-corrected chi connectivity index (χ2v) is 6.66. The van der Waals surface area contributed by atoms with E-state index in [2.05, 4.69) is 21.2 Å². The fraction of sp³-hybridized carbons (Fsp3) is 0.583. The van der Waals surface area contributed by atoms with Crippen LogP contribution in [0.1, 0.15) is 35.4 Å². The van der Waals surface area contributed by atoms with E-state index >= 15 is 0 Å². The van der Waals surface area contributed by atoms with Crippen molar-refractivity contribution >= 4 is 44.8 Å². The molecule has 1 aliphatic carbocycles. The van der Waals surface area contributed by atoms with Crippen LogP contribution in [0.5, 0.6) is 0 Å². The van der Waals surface area contributed by atoms with Crippen LogP contribution < -0.4 is 5.32 Å². The van der Waals surface area contributed by atoms with Crippen LogP contribution in [0.15, 0.2) is 15.9 Å². The number of halogens is 2. The fourth-order valence-corrected chi connectivity index (χ4v) is 4.12. The van der Waals surface area contributed by atoms with Crippen LogP contribution in [0.25, 0.3) is 0 Å². The smallest absolute Gasteiger partial charge is 0.262 e. The zero-order valence-corrected chi connectivity index (χ0v) is 12.6. The minimum Gasteiger partial charge on any atom is -0.351 e. The minimum atomic E-state index is 0.00302. The van der Waals surface area contributed by atoms with Crippen LogP contribution in [0.2, 0.25) is 0 Å². The molecule has 1 aromatic rings. The third-order valence-corrected chi connectivity index (χ3v) is 5.80. The number of hydrogen-bond acceptors (Lipinski definition) is 2. The molecule has 5 heteroatoms. The van der Waals surface area contributed by atoms with Crippen LogP contribution >= 0.6 is 38.9 Å². The van der Waals surface area contributed by atoms with Gasteiger partial charge in [0.05, 0.1) is 0 Å². The highest BCUT2D eigenvalue weighted by molar-refractivity contribution is 9.10. The Morgan fingerprint density at radius 2 is 2.24 bits per heavy atom. The van der Waals surface area contributed by atoms with E-state index in [1.807, 2.05) is 11.4 Å². The highest BCUT2D eigenvalue weighted by Gasteiger charge is 2.33. The fourth-order valence-electron chi connectivity index (χ4n) is 2.29. The molecule has 0 aromatic carbocycles. The van der Waals surface area contributed by atoms with Crippen molar-refractivity contribution in [2.45, 2.75) is 25.7 Å². The maximum absolute atomic E-state index is 12.0. The Morgan fingerprint density at radius 3 is 2.76 bits per heavy atom. The van der Waals surface area contributed by atoms with Gasteiger partial charge in [-0.3, -0.25) is 4.79 Å². The third kappa shape index (κ3) is 3.04. The predicted octanol–water partition coefficient (Wildman–Crippen LogP) is 4.04. The van der Waals surface area contributed by atoms with E-state index in [0.717, 1.165) is 22.2 Å². The van der Waals surface area contributed by atoms with Crippen molar-refractivity contribution < 1.29 is 4.79 Å². The second-order valence-electron chi connectivity index (χ2n) is 4.62. The summed E-state index contributed by atoms with van der Waals surface area (Å²) >= 11 is 10.9. The Hall–Kier alpha value is -0.0600. The van der Waals surface area contributed by atoms with Crippen LogP contribution in [0.4, 0.5) is 0 Å². The first kappa shape index (κ1) is 13.4. The van der Waals surface area contributed by atoms with Crippen molar-refractivity contribution in [2.24, 2.45) is 5.41 Å². The lowest BCUT2D eigenvalue weighted by atomic mass is 9.88. The van der Waals surface area contributed by atoms with Gasteiger partial charge in [-0.05, 0) is 40.2 Å². The highest BCUT2D eigenvalue weighted by Crippen LogP contribution is 2.38. The lowest BCUT2D eigenvalue weighted by molar-refractivity contribution is 0.0938. The van der Waals surface area contributed by atoms with Gasteiger partial charge in [0, 0.05) is 22.3 Å². The average Bonchev–Trinajstić information content (AvgIpc) is 2.95. The molecule has 1 saturated carbocycles. The molecule has 1 aromatic heterocycles. The molecule has 0 saturated heterocycles. The number of alkyl halides is 1. The van der Waals surface area contributed by atoms with Crippen LogP contribution in [-0.4, -0.2) is 18.3 Å². The van der Waals surface area contributed by atoms with E-state index in [4.69, 9.17) is 11.6 Å². The van der Waals surface area contributed by atoms with Gasteiger partial charge in [-0.25, -0.2) is 0 Å². The molecule has 1 N–H and O–H groups in total. The molecule has 1 amide bonds. The first-order valence-corrected chi connectivity index (χ1v) is 7.95. The number of nitrogens with one attached hydrogen (secondary N) is 1. The molecule has 17 heavy (non-hydrogen) atoms. The summed E-state index contributed by atoms with van der Waals surface area (Å²) in [7, 11) is 0. The number of carbonyl (C=O) groups excluding carboxylic acids is 1. The van der Waals surface area contributed by atoms with Crippen LogP contribution in [-0.2, 0) is 0 Å². The lowest BCUT2D eigenvalue weighted by Gasteiger charge is -2.26. The highest BCUT2D eigenvalue weighted by atomic mass is 79.9. The molecule has 2 rings (SSSR count). The number of thiophene rings is 1. The van der Waals surface area contributed by atoms with Crippen LogP contribution in [0.3, 0.4) is 0 Å². The summed E-state index contributed by atoms with van der Waals surface area (Å²) in [6.45, 7) is 0.694. The third-order valence-electron chi connectivity index (χ3n) is 3.40. The molecule has 1 heterocycles. The molecule has 1 fully saturated rings. The molecule has 0 aliphatic heterocycles. The summed E-state index contributed by atoms with van der Waals surface area (Å²) in [6, 6.07) is 1.90. The first-order chi connectivity index (χ1) is 8.17. The Labute approximate surface area is 119 Å². The van der Waals surface area contributed by atoms with Gasteiger partial charge in [-0.15, -0.1) is 22.9 Å². The molecular formula is C12H15BrClNOS. The van der Waals surface area contributed by atoms with E-state index in [9.17, 15) is 4.79 Å². The van der Waals surface area contributed by atoms with E-state index in [-0.39, 0.29) is 11.3 Å². The molecule has 2 nitrogen and oxygen atoms in total. The number of carbonyl (C=O) groups is 1. The SMILES string of the molecule is O=C(NCC1(CCl)CCCC1)c1sccc1Br. The normalized spacial score (nSPS) is 18.2. The van der Waals surface area contributed by atoms with Gasteiger partial charge in [-0.2, -0.15) is 0 Å². The number of rotatable bonds is 4. The van der Waals surface area contributed by atoms with Crippen molar-refractivity contribution in [2.75, 3.05) is 12.4 Å². The van der Waals surface area contributed by atoms with Gasteiger partial charge in [0.15, 0.2) is 0 Å². The molecule has 1 aliphatic rings. The van der Waals surface area contributed by atoms with E-state index in [1.165, 1.54) is 24.2 Å². The molecule has 0 unspecified atom stereocenters. The summed E-state index contributed by atoms with van der Waals surface area (Å²) in [5.74, 6) is 0.641. The van der Waals surface area contributed by atoms with Gasteiger partial charge in [-0.1, -0.05) is 12.8 Å². The molecule has 94 valence electrons. The molecule has 0 radical (unpaired) electrons. The van der Waals surface area contributed by atoms with Gasteiger partial charge in [0.2, 0.25) is 0 Å². The monoisotopic (exact) mass is 335 g/mol. The van der Waals surface area contributed by atoms with Gasteiger partial charge < -0.3 is 5.32 Å². The summed E-state index contributed by atoms with van der Waals surface area (Å²) in [5.41, 5.74) is 0.126. The average molecular weight is 337 g/mol. The molecule has 0 bridgehead atoms. The number of hydrogen-bond donors (Lipinski definition) is 1. The largest absolute Gasteiger partial charge is 0.351 e. The van der Waals surface area contributed by atoms with Gasteiger partial charge in [0.25, 0.3) is 5.91 Å². The Kier molecular flexibility index (Phi) is 4.50. The summed E-state index contributed by atoms with van der Waals surface area (Å²) < 4.78 is 0.867. The maximum Gasteiger partial charge on any atom is 0.262 e. The first-order valence-electron chi connectivity index (χ1n) is 5.74. The Bertz CT molecular complexity index is 401. The van der Waals surface area contributed by atoms with Crippen LogP contribution in [0, 0.1) is 5.41 Å². The Balaban J connectivity index is 1.94. The topological polar surface area (TPSA) is 29.1 Å². The van der Waals surface area contributed by atoms with Crippen molar-refractivity contribution in [3.05, 3.63) is 20.8 Å². The number of amides is 1. The van der Waals surface area contributed by atoms with Gasteiger partial charge in [0.1, 0.15) is 4.88 Å². The minimum absolute atomic E-state index is 0.00302.